The Morgan fingerprint density at radius 2 is 1.79 bits per heavy atom. The second-order valence-corrected chi connectivity index (χ2v) is 9.79. The van der Waals surface area contributed by atoms with Crippen LogP contribution in [0.2, 0.25) is 5.02 Å². The molecule has 3 aromatic rings. The molecule has 1 heterocycles. The van der Waals surface area contributed by atoms with Gasteiger partial charge in [0.25, 0.3) is 0 Å². The highest BCUT2D eigenvalue weighted by Crippen LogP contribution is 2.46. The van der Waals surface area contributed by atoms with Crippen molar-refractivity contribution in [2.75, 3.05) is 17.2 Å². The first-order chi connectivity index (χ1) is 16.4. The fourth-order valence-corrected chi connectivity index (χ4v) is 5.32. The maximum atomic E-state index is 13.7. The van der Waals surface area contributed by atoms with Crippen LogP contribution >= 0.6 is 27.5 Å². The fraction of sp³-hybridized carbons (Fsp3) is 0.222. The van der Waals surface area contributed by atoms with Crippen LogP contribution in [0.25, 0.3) is 0 Å². The van der Waals surface area contributed by atoms with Gasteiger partial charge in [-0.1, -0.05) is 35.9 Å². The number of hydrogen-bond donors (Lipinski definition) is 3. The second kappa shape index (κ2) is 9.35. The predicted molar refractivity (Wildman–Crippen MR) is 139 cm³/mol. The molecule has 0 saturated carbocycles. The number of carbonyl (C=O) groups excluding carboxylic acids is 1. The van der Waals surface area contributed by atoms with E-state index in [1.54, 1.807) is 6.07 Å². The molecule has 2 aliphatic rings. The van der Waals surface area contributed by atoms with Crippen LogP contribution < -0.4 is 15.4 Å². The zero-order valence-electron chi connectivity index (χ0n) is 18.6. The van der Waals surface area contributed by atoms with E-state index in [9.17, 15) is 9.90 Å². The molecule has 3 N–H and O–H groups in total. The van der Waals surface area contributed by atoms with E-state index in [-0.39, 0.29) is 17.5 Å². The van der Waals surface area contributed by atoms with E-state index in [1.807, 2.05) is 61.5 Å². The average molecular weight is 540 g/mol. The van der Waals surface area contributed by atoms with E-state index in [4.69, 9.17) is 16.3 Å². The summed E-state index contributed by atoms with van der Waals surface area (Å²) < 4.78 is 6.18. The van der Waals surface area contributed by atoms with Gasteiger partial charge in [-0.2, -0.15) is 0 Å². The molecule has 0 bridgehead atoms. The van der Waals surface area contributed by atoms with Gasteiger partial charge in [0, 0.05) is 22.7 Å². The molecule has 5 nitrogen and oxygen atoms in total. The van der Waals surface area contributed by atoms with Crippen molar-refractivity contribution in [3.05, 3.63) is 92.6 Å². The van der Waals surface area contributed by atoms with E-state index in [2.05, 4.69) is 26.6 Å². The third-order valence-electron chi connectivity index (χ3n) is 6.33. The van der Waals surface area contributed by atoms with Gasteiger partial charge in [0.15, 0.2) is 17.3 Å². The minimum Gasteiger partial charge on any atom is -0.503 e. The lowest BCUT2D eigenvalue weighted by Gasteiger charge is -2.30. The molecule has 7 heteroatoms. The van der Waals surface area contributed by atoms with Crippen LogP contribution in [0.5, 0.6) is 11.5 Å². The molecule has 0 spiro atoms. The van der Waals surface area contributed by atoms with Crippen molar-refractivity contribution in [2.45, 2.75) is 31.7 Å². The first-order valence-corrected chi connectivity index (χ1v) is 12.4. The minimum atomic E-state index is -0.402. The summed E-state index contributed by atoms with van der Waals surface area (Å²) >= 11 is 9.53. The number of halogens is 2. The fourth-order valence-electron chi connectivity index (χ4n) is 4.74. The van der Waals surface area contributed by atoms with Gasteiger partial charge in [-0.25, -0.2) is 0 Å². The van der Waals surface area contributed by atoms with Gasteiger partial charge in [0.1, 0.15) is 0 Å². The second-order valence-electron chi connectivity index (χ2n) is 8.50. The smallest absolute Gasteiger partial charge is 0.172 e. The van der Waals surface area contributed by atoms with Crippen molar-refractivity contribution in [1.82, 2.24) is 0 Å². The molecular formula is C27H24BrClN2O3. The number of ether oxygens (including phenoxy) is 1. The van der Waals surface area contributed by atoms with E-state index in [0.717, 1.165) is 28.2 Å². The number of fused-ring (bicyclic) bond motifs is 1. The highest BCUT2D eigenvalue weighted by Gasteiger charge is 2.36. The van der Waals surface area contributed by atoms with Gasteiger partial charge in [-0.15, -0.1) is 0 Å². The van der Waals surface area contributed by atoms with Gasteiger partial charge in [-0.3, -0.25) is 4.79 Å². The molecule has 2 atom stereocenters. The van der Waals surface area contributed by atoms with Crippen LogP contribution in [-0.4, -0.2) is 17.5 Å². The largest absolute Gasteiger partial charge is 0.503 e. The zero-order chi connectivity index (χ0) is 23.8. The molecule has 0 fully saturated rings. The van der Waals surface area contributed by atoms with Gasteiger partial charge in [0.2, 0.25) is 0 Å². The summed E-state index contributed by atoms with van der Waals surface area (Å²) in [7, 11) is 0. The Labute approximate surface area is 211 Å². The summed E-state index contributed by atoms with van der Waals surface area (Å²) in [5.74, 6) is 0.571. The lowest BCUT2D eigenvalue weighted by atomic mass is 9.78. The normalized spacial score (nSPS) is 19.4. The molecule has 0 saturated heterocycles. The Kier molecular flexibility index (Phi) is 6.28. The molecule has 0 amide bonds. The SMILES string of the molecule is CCOc1cc([C@H]2Nc3ccccc3NC3=C2C(=O)C[C@H](c2ccc(Cl)cc2)C3)cc(Br)c1O. The number of nitrogens with one attached hydrogen (secondary N) is 2. The molecule has 174 valence electrons. The number of para-hydroxylation sites is 2. The third-order valence-corrected chi connectivity index (χ3v) is 7.19. The van der Waals surface area contributed by atoms with E-state index in [0.29, 0.717) is 40.3 Å². The lowest BCUT2D eigenvalue weighted by molar-refractivity contribution is -0.116. The van der Waals surface area contributed by atoms with Gasteiger partial charge < -0.3 is 20.5 Å². The number of aromatic hydroxyl groups is 1. The number of carbonyl (C=O) groups is 1. The molecule has 0 unspecified atom stereocenters. The molecule has 1 aliphatic carbocycles. The molecule has 34 heavy (non-hydrogen) atoms. The predicted octanol–water partition coefficient (Wildman–Crippen LogP) is 7.19. The summed E-state index contributed by atoms with van der Waals surface area (Å²) in [6.45, 7) is 2.29. The standard InChI is InChI=1S/C27H24BrClN2O3/c1-2-34-24-14-17(11-19(28)27(24)33)26-25-22(30-20-5-3-4-6-21(20)31-26)12-16(13-23(25)32)15-7-9-18(29)10-8-15/h3-11,14,16,26,30-31,33H,2,12-13H2,1H3/t16-,26-/m1/s1. The van der Waals surface area contributed by atoms with Gasteiger partial charge in [0.05, 0.1) is 28.5 Å². The van der Waals surface area contributed by atoms with Crippen molar-refractivity contribution in [2.24, 2.45) is 0 Å². The van der Waals surface area contributed by atoms with Crippen molar-refractivity contribution in [1.29, 1.82) is 0 Å². The number of hydrogen-bond acceptors (Lipinski definition) is 5. The molecule has 5 rings (SSSR count). The van der Waals surface area contributed by atoms with Crippen molar-refractivity contribution >= 4 is 44.7 Å². The summed E-state index contributed by atoms with van der Waals surface area (Å²) in [6.07, 6.45) is 1.11. The number of anilines is 2. The van der Waals surface area contributed by atoms with Gasteiger partial charge in [-0.05, 0) is 82.7 Å². The van der Waals surface area contributed by atoms with Crippen LogP contribution in [0.15, 0.2) is 76.4 Å². The Morgan fingerprint density at radius 1 is 1.06 bits per heavy atom. The quantitative estimate of drug-likeness (QED) is 0.327. The highest BCUT2D eigenvalue weighted by atomic mass is 79.9. The lowest BCUT2D eigenvalue weighted by Crippen LogP contribution is -2.27. The minimum absolute atomic E-state index is 0.0460. The summed E-state index contributed by atoms with van der Waals surface area (Å²) in [5, 5.41) is 18.2. The summed E-state index contributed by atoms with van der Waals surface area (Å²) in [6, 6.07) is 18.9. The number of Topliss-reactive ketones (excluding diaryl/α,β-unsaturated/α-hetero) is 1. The Bertz CT molecular complexity index is 1290. The molecule has 3 aromatic carbocycles. The van der Waals surface area contributed by atoms with Crippen LogP contribution in [0.4, 0.5) is 11.4 Å². The van der Waals surface area contributed by atoms with Crippen LogP contribution in [0.3, 0.4) is 0 Å². The average Bonchev–Trinajstić information content (AvgIpc) is 2.99. The topological polar surface area (TPSA) is 70.6 Å². The van der Waals surface area contributed by atoms with Crippen molar-refractivity contribution < 1.29 is 14.6 Å². The van der Waals surface area contributed by atoms with Crippen LogP contribution in [0.1, 0.15) is 42.9 Å². The first-order valence-electron chi connectivity index (χ1n) is 11.2. The van der Waals surface area contributed by atoms with Crippen LogP contribution in [0, 0.1) is 0 Å². The Morgan fingerprint density at radius 3 is 2.53 bits per heavy atom. The first kappa shape index (κ1) is 22.8. The third kappa shape index (κ3) is 4.28. The summed E-state index contributed by atoms with van der Waals surface area (Å²) in [5.41, 5.74) is 5.36. The monoisotopic (exact) mass is 538 g/mol. The van der Waals surface area contributed by atoms with E-state index in [1.165, 1.54) is 0 Å². The van der Waals surface area contributed by atoms with Gasteiger partial charge >= 0.3 is 0 Å². The number of phenolic OH excluding ortho intramolecular Hbond substituents is 1. The number of phenols is 1. The molecule has 0 radical (unpaired) electrons. The van der Waals surface area contributed by atoms with E-state index >= 15 is 0 Å². The summed E-state index contributed by atoms with van der Waals surface area (Å²) in [4.78, 5) is 13.7. The Balaban J connectivity index is 1.62. The van der Waals surface area contributed by atoms with Crippen molar-refractivity contribution in [3.63, 3.8) is 0 Å². The molecule has 0 aromatic heterocycles. The van der Waals surface area contributed by atoms with E-state index < -0.39 is 6.04 Å². The van der Waals surface area contributed by atoms with Crippen molar-refractivity contribution in [3.8, 4) is 11.5 Å². The number of allylic oxidation sites excluding steroid dienone is 1. The van der Waals surface area contributed by atoms with Crippen LogP contribution in [-0.2, 0) is 4.79 Å². The Hall–Kier alpha value is -2.96. The zero-order valence-corrected chi connectivity index (χ0v) is 20.9. The molecular weight excluding hydrogens is 516 g/mol. The number of ketones is 1. The number of benzene rings is 3. The highest BCUT2D eigenvalue weighted by molar-refractivity contribution is 9.10. The number of rotatable bonds is 4. The maximum Gasteiger partial charge on any atom is 0.172 e. The molecule has 1 aliphatic heterocycles. The maximum absolute atomic E-state index is 13.7.